The van der Waals surface area contributed by atoms with E-state index in [1.54, 1.807) is 24.5 Å². The molecular weight excluding hydrogens is 242 g/mol. The molecule has 4 heteroatoms. The Labute approximate surface area is 112 Å². The number of amides is 1. The fourth-order valence-electron chi connectivity index (χ4n) is 1.82. The van der Waals surface area contributed by atoms with Crippen LogP contribution in [0.15, 0.2) is 47.1 Å². The van der Waals surface area contributed by atoms with E-state index in [9.17, 15) is 4.79 Å². The number of furan rings is 1. The molecule has 0 spiro atoms. The van der Waals surface area contributed by atoms with E-state index in [1.807, 2.05) is 32.0 Å². The molecule has 0 aliphatic heterocycles. The van der Waals surface area contributed by atoms with Crippen molar-refractivity contribution in [2.24, 2.45) is 0 Å². The number of ether oxygens (including phenoxy) is 1. The van der Waals surface area contributed by atoms with Gasteiger partial charge in [-0.2, -0.15) is 0 Å². The van der Waals surface area contributed by atoms with Crippen molar-refractivity contribution < 1.29 is 13.9 Å². The molecule has 4 nitrogen and oxygen atoms in total. The van der Waals surface area contributed by atoms with Crippen LogP contribution >= 0.6 is 0 Å². The Morgan fingerprint density at radius 1 is 1.32 bits per heavy atom. The van der Waals surface area contributed by atoms with Crippen LogP contribution in [0.1, 0.15) is 36.0 Å². The molecule has 2 aromatic rings. The van der Waals surface area contributed by atoms with E-state index in [-0.39, 0.29) is 11.9 Å². The zero-order valence-corrected chi connectivity index (χ0v) is 11.1. The molecule has 1 unspecified atom stereocenters. The lowest BCUT2D eigenvalue weighted by atomic mass is 10.1. The molecule has 1 N–H and O–H groups in total. The quantitative estimate of drug-likeness (QED) is 0.897. The van der Waals surface area contributed by atoms with Crippen LogP contribution in [0.5, 0.6) is 5.75 Å². The summed E-state index contributed by atoms with van der Waals surface area (Å²) in [5.41, 5.74) is 0.530. The highest BCUT2D eigenvalue weighted by atomic mass is 16.5. The van der Waals surface area contributed by atoms with Gasteiger partial charge in [0, 0.05) is 0 Å². The summed E-state index contributed by atoms with van der Waals surface area (Å²) in [6.07, 6.45) is 1.59. The van der Waals surface area contributed by atoms with Gasteiger partial charge < -0.3 is 14.5 Å². The van der Waals surface area contributed by atoms with Crippen molar-refractivity contribution in [2.75, 3.05) is 6.61 Å². The largest absolute Gasteiger partial charge is 0.493 e. The number of carbonyl (C=O) groups excluding carboxylic acids is 1. The summed E-state index contributed by atoms with van der Waals surface area (Å²) < 4.78 is 10.7. The molecular formula is C15H17NO3. The topological polar surface area (TPSA) is 51.5 Å². The zero-order chi connectivity index (χ0) is 13.7. The molecule has 0 saturated heterocycles. The van der Waals surface area contributed by atoms with Crippen molar-refractivity contribution in [3.63, 3.8) is 0 Å². The Morgan fingerprint density at radius 3 is 2.79 bits per heavy atom. The normalized spacial score (nSPS) is 11.9. The van der Waals surface area contributed by atoms with E-state index in [1.165, 1.54) is 0 Å². The van der Waals surface area contributed by atoms with Crippen LogP contribution in [0.2, 0.25) is 0 Å². The summed E-state index contributed by atoms with van der Waals surface area (Å²) in [6, 6.07) is 10.6. The third-order valence-corrected chi connectivity index (χ3v) is 2.75. The molecule has 19 heavy (non-hydrogen) atoms. The van der Waals surface area contributed by atoms with Gasteiger partial charge in [-0.25, -0.2) is 0 Å². The van der Waals surface area contributed by atoms with Crippen LogP contribution in [0, 0.1) is 0 Å². The lowest BCUT2D eigenvalue weighted by molar-refractivity contribution is 0.0931. The molecule has 1 atom stereocenters. The standard InChI is InChI=1S/C15H17NO3/c1-3-18-14-8-5-4-7-12(14)15(17)16-11(2)13-9-6-10-19-13/h4-11H,3H2,1-2H3,(H,16,17). The number of para-hydroxylation sites is 1. The minimum Gasteiger partial charge on any atom is -0.493 e. The lowest BCUT2D eigenvalue weighted by Crippen LogP contribution is -2.26. The first-order valence-electron chi connectivity index (χ1n) is 6.28. The molecule has 1 heterocycles. The van der Waals surface area contributed by atoms with Gasteiger partial charge in [-0.15, -0.1) is 0 Å². The molecule has 0 aliphatic carbocycles. The number of nitrogens with one attached hydrogen (secondary N) is 1. The maximum atomic E-state index is 12.2. The number of carbonyl (C=O) groups is 1. The Kier molecular flexibility index (Phi) is 4.23. The van der Waals surface area contributed by atoms with Crippen molar-refractivity contribution in [3.8, 4) is 5.75 Å². The van der Waals surface area contributed by atoms with Gasteiger partial charge in [-0.3, -0.25) is 4.79 Å². The highest BCUT2D eigenvalue weighted by Gasteiger charge is 2.16. The van der Waals surface area contributed by atoms with E-state index in [2.05, 4.69) is 5.32 Å². The van der Waals surface area contributed by atoms with E-state index >= 15 is 0 Å². The number of hydrogen-bond donors (Lipinski definition) is 1. The van der Waals surface area contributed by atoms with E-state index in [4.69, 9.17) is 9.15 Å². The first kappa shape index (κ1) is 13.2. The van der Waals surface area contributed by atoms with Crippen molar-refractivity contribution in [2.45, 2.75) is 19.9 Å². The molecule has 2 rings (SSSR count). The second-order valence-corrected chi connectivity index (χ2v) is 4.14. The summed E-state index contributed by atoms with van der Waals surface area (Å²) in [4.78, 5) is 12.2. The third kappa shape index (κ3) is 3.16. The smallest absolute Gasteiger partial charge is 0.255 e. The van der Waals surface area contributed by atoms with Gasteiger partial charge in [0.25, 0.3) is 5.91 Å². The second-order valence-electron chi connectivity index (χ2n) is 4.14. The van der Waals surface area contributed by atoms with Crippen LogP contribution in [0.25, 0.3) is 0 Å². The Bertz CT molecular complexity index is 534. The van der Waals surface area contributed by atoms with E-state index in [0.29, 0.717) is 17.9 Å². The summed E-state index contributed by atoms with van der Waals surface area (Å²) in [5.74, 6) is 1.14. The van der Waals surface area contributed by atoms with Gasteiger partial charge in [-0.1, -0.05) is 12.1 Å². The summed E-state index contributed by atoms with van der Waals surface area (Å²) >= 11 is 0. The first-order chi connectivity index (χ1) is 9.22. The van der Waals surface area contributed by atoms with Crippen LogP contribution in [0.3, 0.4) is 0 Å². The SMILES string of the molecule is CCOc1ccccc1C(=O)NC(C)c1ccco1. The van der Waals surface area contributed by atoms with Crippen molar-refractivity contribution >= 4 is 5.91 Å². The number of rotatable bonds is 5. The molecule has 100 valence electrons. The van der Waals surface area contributed by atoms with Crippen LogP contribution in [-0.4, -0.2) is 12.5 Å². The average molecular weight is 259 g/mol. The third-order valence-electron chi connectivity index (χ3n) is 2.75. The van der Waals surface area contributed by atoms with E-state index < -0.39 is 0 Å². The molecule has 0 saturated carbocycles. The fraction of sp³-hybridized carbons (Fsp3) is 0.267. The second kappa shape index (κ2) is 6.09. The number of benzene rings is 1. The predicted octanol–water partition coefficient (Wildman–Crippen LogP) is 3.17. The molecule has 1 amide bonds. The van der Waals surface area contributed by atoms with Crippen LogP contribution < -0.4 is 10.1 Å². The molecule has 0 aliphatic rings. The molecule has 0 bridgehead atoms. The van der Waals surface area contributed by atoms with Gasteiger partial charge in [0.1, 0.15) is 11.5 Å². The van der Waals surface area contributed by atoms with Gasteiger partial charge in [0.05, 0.1) is 24.5 Å². The van der Waals surface area contributed by atoms with Crippen molar-refractivity contribution in [1.29, 1.82) is 0 Å². The molecule has 0 fully saturated rings. The minimum absolute atomic E-state index is 0.173. The molecule has 0 radical (unpaired) electrons. The highest BCUT2D eigenvalue weighted by molar-refractivity contribution is 5.97. The van der Waals surface area contributed by atoms with Crippen LogP contribution in [-0.2, 0) is 0 Å². The minimum atomic E-state index is -0.183. The fourth-order valence-corrected chi connectivity index (χ4v) is 1.82. The maximum absolute atomic E-state index is 12.2. The molecule has 1 aromatic heterocycles. The first-order valence-corrected chi connectivity index (χ1v) is 6.28. The Morgan fingerprint density at radius 2 is 2.11 bits per heavy atom. The monoisotopic (exact) mass is 259 g/mol. The predicted molar refractivity (Wildman–Crippen MR) is 72.2 cm³/mol. The number of hydrogen-bond acceptors (Lipinski definition) is 3. The lowest BCUT2D eigenvalue weighted by Gasteiger charge is -2.14. The van der Waals surface area contributed by atoms with Crippen LogP contribution in [0.4, 0.5) is 0 Å². The van der Waals surface area contributed by atoms with Gasteiger partial charge in [-0.05, 0) is 38.1 Å². The summed E-state index contributed by atoms with van der Waals surface area (Å²) in [5, 5.41) is 2.88. The zero-order valence-electron chi connectivity index (χ0n) is 11.1. The van der Waals surface area contributed by atoms with Gasteiger partial charge in [0.2, 0.25) is 0 Å². The highest BCUT2D eigenvalue weighted by Crippen LogP contribution is 2.19. The van der Waals surface area contributed by atoms with Crippen molar-refractivity contribution in [3.05, 3.63) is 54.0 Å². The molecule has 1 aromatic carbocycles. The average Bonchev–Trinajstić information content (AvgIpc) is 2.93. The summed E-state index contributed by atoms with van der Waals surface area (Å²) in [6.45, 7) is 4.29. The Hall–Kier alpha value is -2.23. The van der Waals surface area contributed by atoms with Gasteiger partial charge >= 0.3 is 0 Å². The van der Waals surface area contributed by atoms with E-state index in [0.717, 1.165) is 5.76 Å². The maximum Gasteiger partial charge on any atom is 0.255 e. The Balaban J connectivity index is 2.11. The summed E-state index contributed by atoms with van der Waals surface area (Å²) in [7, 11) is 0. The van der Waals surface area contributed by atoms with Crippen molar-refractivity contribution in [1.82, 2.24) is 5.32 Å². The van der Waals surface area contributed by atoms with Gasteiger partial charge in [0.15, 0.2) is 0 Å².